The van der Waals surface area contributed by atoms with Crippen molar-refractivity contribution in [1.82, 2.24) is 4.83 Å². The average molecular weight is 443 g/mol. The van der Waals surface area contributed by atoms with E-state index < -0.39 is 10.0 Å². The van der Waals surface area contributed by atoms with Crippen LogP contribution in [0.3, 0.4) is 0 Å². The van der Waals surface area contributed by atoms with E-state index in [1.165, 1.54) is 11.3 Å². The van der Waals surface area contributed by atoms with E-state index in [2.05, 4.69) is 25.9 Å². The zero-order chi connectivity index (χ0) is 18.9. The summed E-state index contributed by atoms with van der Waals surface area (Å²) < 4.78 is 26.8. The minimum atomic E-state index is -3.73. The van der Waals surface area contributed by atoms with Crippen LogP contribution in [0.1, 0.15) is 46.0 Å². The average Bonchev–Trinajstić information content (AvgIpc) is 2.98. The summed E-state index contributed by atoms with van der Waals surface area (Å²) in [6, 6.07) is 3.86. The number of hydrogen-bond acceptors (Lipinski definition) is 4. The molecule has 0 saturated carbocycles. The number of thiophene rings is 1. The first-order chi connectivity index (χ1) is 11.6. The molecule has 0 aliphatic heterocycles. The molecule has 1 aromatic heterocycles. The Morgan fingerprint density at radius 3 is 2.00 bits per heavy atom. The molecule has 0 radical (unpaired) electrons. The first-order valence-corrected chi connectivity index (χ1v) is 11.1. The third-order valence-electron chi connectivity index (χ3n) is 4.69. The van der Waals surface area contributed by atoms with Crippen LogP contribution >= 0.6 is 27.3 Å². The van der Waals surface area contributed by atoms with Crippen molar-refractivity contribution in [3.05, 3.63) is 48.6 Å². The number of sulfonamides is 1. The topological polar surface area (TPSA) is 58.5 Å². The second kappa shape index (κ2) is 7.60. The number of nitrogens with zero attached hydrogens (tertiary/aromatic N) is 1. The van der Waals surface area contributed by atoms with Crippen molar-refractivity contribution >= 4 is 43.0 Å². The third-order valence-corrected chi connectivity index (χ3v) is 7.85. The monoisotopic (exact) mass is 442 g/mol. The molecule has 2 aromatic rings. The van der Waals surface area contributed by atoms with Gasteiger partial charge < -0.3 is 0 Å². The number of hydrogen-bond donors (Lipinski definition) is 1. The van der Waals surface area contributed by atoms with E-state index in [0.29, 0.717) is 11.3 Å². The maximum atomic E-state index is 12.9. The lowest BCUT2D eigenvalue weighted by molar-refractivity contribution is 0.582. The first-order valence-electron chi connectivity index (χ1n) is 8.01. The highest BCUT2D eigenvalue weighted by Gasteiger charge is 2.23. The van der Waals surface area contributed by atoms with Crippen LogP contribution in [-0.2, 0) is 10.0 Å². The van der Waals surface area contributed by atoms with Gasteiger partial charge in [0.15, 0.2) is 0 Å². The lowest BCUT2D eigenvalue weighted by Crippen LogP contribution is -2.23. The summed E-state index contributed by atoms with van der Waals surface area (Å²) in [4.78, 5) is 3.72. The van der Waals surface area contributed by atoms with Crippen LogP contribution in [0.15, 0.2) is 25.9 Å². The van der Waals surface area contributed by atoms with Gasteiger partial charge >= 0.3 is 0 Å². The minimum Gasteiger partial charge on any atom is -0.200 e. The van der Waals surface area contributed by atoms with Gasteiger partial charge in [0.1, 0.15) is 0 Å². The second-order valence-corrected chi connectivity index (χ2v) is 10.1. The van der Waals surface area contributed by atoms with Crippen LogP contribution in [-0.4, -0.2) is 14.1 Å². The van der Waals surface area contributed by atoms with Gasteiger partial charge in [0.2, 0.25) is 0 Å². The fourth-order valence-electron chi connectivity index (χ4n) is 2.81. The van der Waals surface area contributed by atoms with Crippen molar-refractivity contribution < 1.29 is 8.42 Å². The molecular weight excluding hydrogens is 420 g/mol. The lowest BCUT2D eigenvalue weighted by Gasteiger charge is -2.18. The van der Waals surface area contributed by atoms with Crippen LogP contribution < -0.4 is 4.83 Å². The van der Waals surface area contributed by atoms with E-state index in [9.17, 15) is 8.42 Å². The Hall–Kier alpha value is -1.18. The normalized spacial score (nSPS) is 12.5. The summed E-state index contributed by atoms with van der Waals surface area (Å²) >= 11 is 4.95. The Morgan fingerprint density at radius 1 is 1.04 bits per heavy atom. The molecule has 7 heteroatoms. The van der Waals surface area contributed by atoms with E-state index >= 15 is 0 Å². The predicted molar refractivity (Wildman–Crippen MR) is 109 cm³/mol. The molecule has 0 saturated heterocycles. The van der Waals surface area contributed by atoms with Crippen LogP contribution in [0.4, 0.5) is 0 Å². The van der Waals surface area contributed by atoms with Crippen molar-refractivity contribution in [2.75, 3.05) is 0 Å². The van der Waals surface area contributed by atoms with E-state index in [0.717, 1.165) is 42.2 Å². The highest BCUT2D eigenvalue weighted by Crippen LogP contribution is 2.29. The molecule has 0 amide bonds. The minimum absolute atomic E-state index is 0.333. The first kappa shape index (κ1) is 20.1. The molecular formula is C18H23BrN2O2S2. The number of rotatable bonds is 5. The van der Waals surface area contributed by atoms with Crippen molar-refractivity contribution in [2.45, 2.75) is 52.9 Å². The lowest BCUT2D eigenvalue weighted by atomic mass is 9.95. The van der Waals surface area contributed by atoms with Gasteiger partial charge in [-0.1, -0.05) is 6.92 Å². The standard InChI is InChI=1S/C18H23BrN2O2S2/c1-7-15(16-8-9-17(19)24-16)20-21-25(22,23)18-13(5)11(3)10(2)12(4)14(18)6/h8-9,21H,7H2,1-6H3/b20-15+. The van der Waals surface area contributed by atoms with Crippen LogP contribution in [0.2, 0.25) is 0 Å². The van der Waals surface area contributed by atoms with E-state index in [1.807, 2.05) is 53.7 Å². The zero-order valence-corrected chi connectivity index (χ0v) is 18.5. The molecule has 1 aromatic carbocycles. The van der Waals surface area contributed by atoms with Gasteiger partial charge in [-0.05, 0) is 96.9 Å². The molecule has 0 aliphatic rings. The van der Waals surface area contributed by atoms with Gasteiger partial charge in [-0.15, -0.1) is 11.3 Å². The molecule has 2 rings (SSSR count). The quantitative estimate of drug-likeness (QED) is 0.514. The fraction of sp³-hybridized carbons (Fsp3) is 0.389. The van der Waals surface area contributed by atoms with E-state index in [-0.39, 0.29) is 0 Å². The smallest absolute Gasteiger partial charge is 0.200 e. The van der Waals surface area contributed by atoms with E-state index in [4.69, 9.17) is 0 Å². The maximum Gasteiger partial charge on any atom is 0.277 e. The Labute approximate surface area is 162 Å². The highest BCUT2D eigenvalue weighted by molar-refractivity contribution is 9.11. The molecule has 0 unspecified atom stereocenters. The summed E-state index contributed by atoms with van der Waals surface area (Å²) in [7, 11) is -3.73. The molecule has 0 bridgehead atoms. The molecule has 1 N–H and O–H groups in total. The largest absolute Gasteiger partial charge is 0.277 e. The summed E-state index contributed by atoms with van der Waals surface area (Å²) in [5, 5.41) is 4.21. The Bertz CT molecular complexity index is 915. The number of nitrogens with one attached hydrogen (secondary N) is 1. The summed E-state index contributed by atoms with van der Waals surface area (Å²) in [5.74, 6) is 0. The molecule has 25 heavy (non-hydrogen) atoms. The molecule has 4 nitrogen and oxygen atoms in total. The van der Waals surface area contributed by atoms with Gasteiger partial charge in [0.25, 0.3) is 10.0 Å². The van der Waals surface area contributed by atoms with Crippen molar-refractivity contribution in [3.8, 4) is 0 Å². The summed E-state index contributed by atoms with van der Waals surface area (Å²) in [5.41, 5.74) is 5.42. The number of hydrazone groups is 1. The van der Waals surface area contributed by atoms with Gasteiger partial charge in [-0.2, -0.15) is 18.4 Å². The van der Waals surface area contributed by atoms with Crippen LogP contribution in [0, 0.1) is 34.6 Å². The van der Waals surface area contributed by atoms with Gasteiger partial charge in [0, 0.05) is 0 Å². The highest BCUT2D eigenvalue weighted by atomic mass is 79.9. The van der Waals surface area contributed by atoms with Crippen molar-refractivity contribution in [3.63, 3.8) is 0 Å². The van der Waals surface area contributed by atoms with E-state index in [1.54, 1.807) is 0 Å². The molecule has 0 aliphatic carbocycles. The van der Waals surface area contributed by atoms with Crippen molar-refractivity contribution in [2.24, 2.45) is 5.10 Å². The van der Waals surface area contributed by atoms with Gasteiger partial charge in [-0.3, -0.25) is 0 Å². The zero-order valence-electron chi connectivity index (χ0n) is 15.3. The second-order valence-electron chi connectivity index (χ2n) is 6.06. The SMILES string of the molecule is CC/C(=N\NS(=O)(=O)c1c(C)c(C)c(C)c(C)c1C)c1ccc(Br)s1. The molecule has 0 spiro atoms. The molecule has 0 fully saturated rings. The molecule has 136 valence electrons. The Morgan fingerprint density at radius 2 is 1.56 bits per heavy atom. The summed E-state index contributed by atoms with van der Waals surface area (Å²) in [6.45, 7) is 11.6. The fourth-order valence-corrected chi connectivity index (χ4v) is 5.69. The van der Waals surface area contributed by atoms with Gasteiger partial charge in [-0.25, -0.2) is 0 Å². The van der Waals surface area contributed by atoms with Crippen LogP contribution in [0.25, 0.3) is 0 Å². The van der Waals surface area contributed by atoms with Crippen LogP contribution in [0.5, 0.6) is 0 Å². The molecule has 0 atom stereocenters. The van der Waals surface area contributed by atoms with Gasteiger partial charge in [0.05, 0.1) is 19.3 Å². The Balaban J connectivity index is 2.48. The maximum absolute atomic E-state index is 12.9. The third kappa shape index (κ3) is 3.99. The number of benzene rings is 1. The molecule has 1 heterocycles. The summed E-state index contributed by atoms with van der Waals surface area (Å²) in [6.07, 6.45) is 0.638. The Kier molecular flexibility index (Phi) is 6.12. The number of halogens is 1. The van der Waals surface area contributed by atoms with Crippen molar-refractivity contribution in [1.29, 1.82) is 0 Å². The predicted octanol–water partition coefficient (Wildman–Crippen LogP) is 5.15.